The highest BCUT2D eigenvalue weighted by Gasteiger charge is 2.49. The first-order chi connectivity index (χ1) is 11.1. The second kappa shape index (κ2) is 5.56. The van der Waals surface area contributed by atoms with E-state index in [1.165, 1.54) is 10.4 Å². The minimum atomic E-state index is -0.0360. The molecule has 0 amide bonds. The highest BCUT2D eigenvalue weighted by molar-refractivity contribution is 7.10. The van der Waals surface area contributed by atoms with Gasteiger partial charge in [0.2, 0.25) is 0 Å². The van der Waals surface area contributed by atoms with Gasteiger partial charge in [0.05, 0.1) is 16.7 Å². The van der Waals surface area contributed by atoms with Gasteiger partial charge in [0.25, 0.3) is 5.56 Å². The second-order valence-electron chi connectivity index (χ2n) is 7.10. The quantitative estimate of drug-likeness (QED) is 0.910. The van der Waals surface area contributed by atoms with Crippen LogP contribution in [0.4, 0.5) is 0 Å². The summed E-state index contributed by atoms with van der Waals surface area (Å²) in [5.41, 5.74) is 3.23. The zero-order valence-electron chi connectivity index (χ0n) is 13.7. The van der Waals surface area contributed by atoms with E-state index in [4.69, 9.17) is 4.98 Å². The van der Waals surface area contributed by atoms with Crippen molar-refractivity contribution in [2.24, 2.45) is 0 Å². The second-order valence-corrected chi connectivity index (χ2v) is 8.01. The Hall–Kier alpha value is -1.46. The van der Waals surface area contributed by atoms with Crippen LogP contribution < -0.4 is 10.9 Å². The van der Waals surface area contributed by atoms with Crippen molar-refractivity contribution in [3.8, 4) is 0 Å². The van der Waals surface area contributed by atoms with E-state index in [9.17, 15) is 4.79 Å². The van der Waals surface area contributed by atoms with E-state index < -0.39 is 0 Å². The zero-order chi connectivity index (χ0) is 16.0. The van der Waals surface area contributed by atoms with Crippen LogP contribution in [-0.2, 0) is 18.4 Å². The van der Waals surface area contributed by atoms with Crippen LogP contribution in [0, 0.1) is 0 Å². The van der Waals surface area contributed by atoms with Crippen molar-refractivity contribution in [3.63, 3.8) is 0 Å². The van der Waals surface area contributed by atoms with Crippen molar-refractivity contribution in [1.82, 2.24) is 15.3 Å². The minimum absolute atomic E-state index is 0.0360. The summed E-state index contributed by atoms with van der Waals surface area (Å²) in [5, 5.41) is 5.56. The summed E-state index contributed by atoms with van der Waals surface area (Å²) in [4.78, 5) is 21.9. The maximum Gasteiger partial charge on any atom is 0.255 e. The van der Waals surface area contributed by atoms with Gasteiger partial charge in [-0.3, -0.25) is 4.79 Å². The van der Waals surface area contributed by atoms with Crippen molar-refractivity contribution in [3.05, 3.63) is 49.3 Å². The van der Waals surface area contributed by atoms with Gasteiger partial charge in [-0.15, -0.1) is 11.3 Å². The Kier molecular flexibility index (Phi) is 3.65. The molecule has 2 aromatic rings. The topological polar surface area (TPSA) is 57.8 Å². The fourth-order valence-corrected chi connectivity index (χ4v) is 4.72. The smallest absolute Gasteiger partial charge is 0.255 e. The molecule has 1 aliphatic carbocycles. The number of hydrogen-bond donors (Lipinski definition) is 2. The number of nitrogens with zero attached hydrogens (tertiary/aromatic N) is 1. The number of aryl methyl sites for hydroxylation is 1. The van der Waals surface area contributed by atoms with Gasteiger partial charge in [-0.2, -0.15) is 0 Å². The van der Waals surface area contributed by atoms with Crippen LogP contribution in [-0.4, -0.2) is 16.5 Å². The number of H-pyrrole nitrogens is 1. The lowest BCUT2D eigenvalue weighted by molar-refractivity contribution is 0.678. The largest absolute Gasteiger partial charge is 0.312 e. The fraction of sp³-hybridized carbons (Fsp3) is 0.556. The molecule has 23 heavy (non-hydrogen) atoms. The molecule has 4 nitrogen and oxygen atoms in total. The van der Waals surface area contributed by atoms with Crippen LogP contribution in [0.3, 0.4) is 0 Å². The van der Waals surface area contributed by atoms with Gasteiger partial charge in [0.15, 0.2) is 0 Å². The van der Waals surface area contributed by atoms with E-state index in [0.29, 0.717) is 12.5 Å². The van der Waals surface area contributed by atoms with E-state index in [0.717, 1.165) is 49.3 Å². The predicted octanol–water partition coefficient (Wildman–Crippen LogP) is 3.07. The van der Waals surface area contributed by atoms with Crippen molar-refractivity contribution in [2.75, 3.05) is 6.54 Å². The lowest BCUT2D eigenvalue weighted by Gasteiger charge is -2.15. The zero-order valence-corrected chi connectivity index (χ0v) is 14.6. The van der Waals surface area contributed by atoms with Crippen LogP contribution >= 0.6 is 11.3 Å². The van der Waals surface area contributed by atoms with Gasteiger partial charge in [-0.25, -0.2) is 4.98 Å². The van der Waals surface area contributed by atoms with Gasteiger partial charge in [-0.1, -0.05) is 13.8 Å². The third-order valence-corrected chi connectivity index (χ3v) is 6.28. The molecule has 3 heterocycles. The summed E-state index contributed by atoms with van der Waals surface area (Å²) >= 11 is 1.82. The van der Waals surface area contributed by atoms with Crippen LogP contribution in [0.1, 0.15) is 66.6 Å². The molecule has 1 saturated carbocycles. The highest BCUT2D eigenvalue weighted by Crippen LogP contribution is 2.54. The van der Waals surface area contributed by atoms with Gasteiger partial charge in [-0.05, 0) is 55.2 Å². The summed E-state index contributed by atoms with van der Waals surface area (Å²) < 4.78 is 0. The molecule has 0 saturated heterocycles. The number of nitrogens with one attached hydrogen (secondary N) is 2. The normalized spacial score (nSPS) is 19.4. The monoisotopic (exact) mass is 329 g/mol. The Morgan fingerprint density at radius 2 is 2.17 bits per heavy atom. The third kappa shape index (κ3) is 2.56. The third-order valence-electron chi connectivity index (χ3n) is 5.13. The van der Waals surface area contributed by atoms with Gasteiger partial charge >= 0.3 is 0 Å². The Bertz CT molecular complexity index is 786. The molecule has 0 radical (unpaired) electrons. The lowest BCUT2D eigenvalue weighted by Crippen LogP contribution is -2.26. The van der Waals surface area contributed by atoms with Crippen molar-refractivity contribution >= 4 is 11.3 Å². The van der Waals surface area contributed by atoms with Gasteiger partial charge in [0, 0.05) is 11.4 Å². The molecule has 1 fully saturated rings. The maximum absolute atomic E-state index is 12.5. The molecule has 2 aliphatic rings. The molecular formula is C18H23N3OS. The maximum atomic E-state index is 12.5. The molecule has 2 aromatic heterocycles. The molecule has 0 spiro atoms. The predicted molar refractivity (Wildman–Crippen MR) is 93.3 cm³/mol. The van der Waals surface area contributed by atoms with E-state index in [-0.39, 0.29) is 11.0 Å². The first-order valence-corrected chi connectivity index (χ1v) is 9.40. The first kappa shape index (κ1) is 15.1. The Morgan fingerprint density at radius 3 is 2.87 bits per heavy atom. The molecule has 0 bridgehead atoms. The molecule has 0 aromatic carbocycles. The molecule has 122 valence electrons. The standard InChI is InChI=1S/C18H23N3OS/c1-11(2)12-8-15(23-10-12)18(5-6-18)17-20-14-4-3-7-19-9-13(14)16(22)21-17/h8,10-11,19H,3-7,9H2,1-2H3,(H,20,21,22). The van der Waals surface area contributed by atoms with Crippen LogP contribution in [0.25, 0.3) is 0 Å². The van der Waals surface area contributed by atoms with Gasteiger partial charge in [0.1, 0.15) is 5.82 Å². The molecule has 5 heteroatoms. The summed E-state index contributed by atoms with van der Waals surface area (Å²) in [5.74, 6) is 1.43. The summed E-state index contributed by atoms with van der Waals surface area (Å²) in [7, 11) is 0. The minimum Gasteiger partial charge on any atom is -0.312 e. The number of thiophene rings is 1. The number of aromatic nitrogens is 2. The number of rotatable bonds is 3. The average molecular weight is 329 g/mol. The van der Waals surface area contributed by atoms with Crippen molar-refractivity contribution < 1.29 is 0 Å². The number of aromatic amines is 1. The van der Waals surface area contributed by atoms with Crippen LogP contribution in [0.15, 0.2) is 16.2 Å². The fourth-order valence-electron chi connectivity index (χ4n) is 3.38. The Labute approximate surface area is 140 Å². The molecule has 0 unspecified atom stereocenters. The first-order valence-electron chi connectivity index (χ1n) is 8.52. The molecule has 4 rings (SSSR count). The van der Waals surface area contributed by atoms with E-state index >= 15 is 0 Å². The molecule has 2 N–H and O–H groups in total. The summed E-state index contributed by atoms with van der Waals surface area (Å²) in [6.45, 7) is 6.04. The van der Waals surface area contributed by atoms with E-state index in [1.807, 2.05) is 11.3 Å². The van der Waals surface area contributed by atoms with E-state index in [2.05, 4.69) is 35.6 Å². The van der Waals surface area contributed by atoms with Crippen molar-refractivity contribution in [1.29, 1.82) is 0 Å². The Balaban J connectivity index is 1.76. The molecular weight excluding hydrogens is 306 g/mol. The average Bonchev–Trinajstić information content (AvgIpc) is 3.24. The SMILES string of the molecule is CC(C)c1csc(C2(c3nc4c(c(=O)[nH]3)CNCCC4)CC2)c1. The summed E-state index contributed by atoms with van der Waals surface area (Å²) in [6, 6.07) is 2.32. The van der Waals surface area contributed by atoms with Crippen LogP contribution in [0.2, 0.25) is 0 Å². The highest BCUT2D eigenvalue weighted by atomic mass is 32.1. The molecule has 0 atom stereocenters. The lowest BCUT2D eigenvalue weighted by atomic mass is 9.99. The van der Waals surface area contributed by atoms with E-state index in [1.54, 1.807) is 0 Å². The van der Waals surface area contributed by atoms with Crippen LogP contribution in [0.5, 0.6) is 0 Å². The number of fused-ring (bicyclic) bond motifs is 1. The summed E-state index contributed by atoms with van der Waals surface area (Å²) in [6.07, 6.45) is 4.12. The Morgan fingerprint density at radius 1 is 1.35 bits per heavy atom. The molecule has 1 aliphatic heterocycles. The number of hydrogen-bond acceptors (Lipinski definition) is 4. The van der Waals surface area contributed by atoms with Gasteiger partial charge < -0.3 is 10.3 Å². The van der Waals surface area contributed by atoms with Crippen molar-refractivity contribution in [2.45, 2.75) is 57.4 Å².